The summed E-state index contributed by atoms with van der Waals surface area (Å²) in [5.74, 6) is 1.04. The second-order valence-corrected chi connectivity index (χ2v) is 7.43. The van der Waals surface area contributed by atoms with Crippen LogP contribution in [0.2, 0.25) is 0 Å². The van der Waals surface area contributed by atoms with Gasteiger partial charge in [-0.05, 0) is 30.0 Å². The molecule has 0 amide bonds. The molecule has 2 aromatic heterocycles. The van der Waals surface area contributed by atoms with Gasteiger partial charge in [0.2, 0.25) is 0 Å². The Morgan fingerprint density at radius 3 is 2.68 bits per heavy atom. The molecule has 0 bridgehead atoms. The van der Waals surface area contributed by atoms with Gasteiger partial charge in [-0.3, -0.25) is 4.79 Å². The summed E-state index contributed by atoms with van der Waals surface area (Å²) in [6.45, 7) is 6.03. The fraction of sp³-hybridized carbons (Fsp3) is 0.333. The van der Waals surface area contributed by atoms with Gasteiger partial charge in [-0.15, -0.1) is 12.6 Å². The lowest BCUT2D eigenvalue weighted by molar-refractivity contribution is 0.579. The van der Waals surface area contributed by atoms with Crippen molar-refractivity contribution in [2.45, 2.75) is 50.8 Å². The number of rotatable bonds is 8. The minimum absolute atomic E-state index is 0.0718. The van der Waals surface area contributed by atoms with Crippen LogP contribution in [0, 0.1) is 5.82 Å². The van der Waals surface area contributed by atoms with Gasteiger partial charge >= 0.3 is 0 Å². The first kappa shape index (κ1) is 20.4. The normalized spacial score (nSPS) is 12.3. The molecule has 148 valence electrons. The first-order valence-electron chi connectivity index (χ1n) is 9.38. The van der Waals surface area contributed by atoms with E-state index in [1.54, 1.807) is 18.2 Å². The Labute approximate surface area is 169 Å². The van der Waals surface area contributed by atoms with Crippen LogP contribution in [0.3, 0.4) is 0 Å². The van der Waals surface area contributed by atoms with Crippen LogP contribution in [0.4, 0.5) is 4.39 Å². The highest BCUT2D eigenvalue weighted by Gasteiger charge is 2.15. The molecule has 0 saturated carbocycles. The van der Waals surface area contributed by atoms with Crippen LogP contribution in [-0.2, 0) is 19.6 Å². The molecule has 0 saturated heterocycles. The Hall–Kier alpha value is -2.38. The molecule has 0 aliphatic heterocycles. The second kappa shape index (κ2) is 9.21. The van der Waals surface area contributed by atoms with Crippen LogP contribution >= 0.6 is 12.6 Å². The number of benzene rings is 1. The second-order valence-electron chi connectivity index (χ2n) is 6.95. The average Bonchev–Trinajstić information content (AvgIpc) is 3.05. The number of nitrogens with zero attached hydrogens (tertiary/aromatic N) is 2. The molecule has 0 fully saturated rings. The number of aromatic nitrogens is 3. The van der Waals surface area contributed by atoms with E-state index >= 15 is 0 Å². The number of aromatic amines is 1. The fourth-order valence-corrected chi connectivity index (χ4v) is 3.39. The smallest absolute Gasteiger partial charge is 0.183 e. The quantitative estimate of drug-likeness (QED) is 0.503. The van der Waals surface area contributed by atoms with Crippen LogP contribution in [0.25, 0.3) is 0 Å². The topological polar surface area (TPSA) is 62.7 Å². The van der Waals surface area contributed by atoms with Crippen molar-refractivity contribution in [1.82, 2.24) is 19.9 Å². The standard InChI is InChI=1S/C21H25FN4OS/c1-3-14(2)19-11-24-20(26(19)13-15-4-6-16(22)7-5-15)12-23-10-17-8-18(27)9-21(28)25-17/h4-9,11,14,23H,3,10,12-13H2,1-2H3,(H2,25,27,28). The number of halogens is 1. The molecular formula is C21H25FN4OS. The van der Waals surface area contributed by atoms with Crippen molar-refractivity contribution in [1.29, 1.82) is 0 Å². The van der Waals surface area contributed by atoms with Crippen molar-refractivity contribution in [2.75, 3.05) is 0 Å². The van der Waals surface area contributed by atoms with Crippen molar-refractivity contribution in [3.8, 4) is 0 Å². The highest BCUT2D eigenvalue weighted by atomic mass is 32.1. The van der Waals surface area contributed by atoms with E-state index in [0.717, 1.165) is 29.2 Å². The number of H-pyrrole nitrogens is 1. The molecule has 7 heteroatoms. The maximum atomic E-state index is 13.2. The Balaban J connectivity index is 1.76. The van der Waals surface area contributed by atoms with E-state index in [0.29, 0.717) is 30.6 Å². The van der Waals surface area contributed by atoms with Gasteiger partial charge in [-0.25, -0.2) is 9.37 Å². The Bertz CT molecular complexity index is 981. The number of imidazole rings is 1. The van der Waals surface area contributed by atoms with Gasteiger partial charge in [0, 0.05) is 42.8 Å². The molecule has 0 aliphatic rings. The average molecular weight is 401 g/mol. The van der Waals surface area contributed by atoms with Gasteiger partial charge in [-0.2, -0.15) is 0 Å². The Morgan fingerprint density at radius 2 is 2.00 bits per heavy atom. The predicted octanol–water partition coefficient (Wildman–Crippen LogP) is 3.85. The van der Waals surface area contributed by atoms with Gasteiger partial charge in [0.15, 0.2) is 5.43 Å². The summed E-state index contributed by atoms with van der Waals surface area (Å²) in [5, 5.41) is 3.87. The van der Waals surface area contributed by atoms with Gasteiger partial charge in [0.05, 0.1) is 11.6 Å². The summed E-state index contributed by atoms with van der Waals surface area (Å²) in [4.78, 5) is 19.3. The van der Waals surface area contributed by atoms with E-state index in [1.807, 2.05) is 6.20 Å². The lowest BCUT2D eigenvalue weighted by Crippen LogP contribution is -2.20. The Morgan fingerprint density at radius 1 is 1.25 bits per heavy atom. The van der Waals surface area contributed by atoms with E-state index in [4.69, 9.17) is 0 Å². The highest BCUT2D eigenvalue weighted by Crippen LogP contribution is 2.21. The van der Waals surface area contributed by atoms with Crippen molar-refractivity contribution >= 4 is 12.6 Å². The summed E-state index contributed by atoms with van der Waals surface area (Å²) in [6, 6.07) is 9.57. The molecule has 3 rings (SSSR count). The summed E-state index contributed by atoms with van der Waals surface area (Å²) in [6.07, 6.45) is 2.93. The highest BCUT2D eigenvalue weighted by molar-refractivity contribution is 7.80. The third-order valence-electron chi connectivity index (χ3n) is 4.82. The fourth-order valence-electron chi connectivity index (χ4n) is 3.12. The van der Waals surface area contributed by atoms with Crippen molar-refractivity contribution < 1.29 is 4.39 Å². The van der Waals surface area contributed by atoms with Crippen molar-refractivity contribution in [3.05, 3.63) is 81.4 Å². The first-order valence-corrected chi connectivity index (χ1v) is 9.82. The zero-order valence-electron chi connectivity index (χ0n) is 16.1. The number of nitrogens with one attached hydrogen (secondary N) is 2. The SMILES string of the molecule is CCC(C)c1cnc(CNCc2cc(=O)cc(S)[nH]2)n1Cc1ccc(F)cc1. The van der Waals surface area contributed by atoms with Gasteiger partial charge in [0.25, 0.3) is 0 Å². The number of hydrogen-bond donors (Lipinski definition) is 3. The van der Waals surface area contributed by atoms with E-state index in [9.17, 15) is 9.18 Å². The molecule has 2 heterocycles. The third-order valence-corrected chi connectivity index (χ3v) is 5.06. The number of pyridine rings is 1. The number of hydrogen-bond acceptors (Lipinski definition) is 4. The minimum atomic E-state index is -0.237. The van der Waals surface area contributed by atoms with E-state index < -0.39 is 0 Å². The number of thiol groups is 1. The molecule has 1 aromatic carbocycles. The van der Waals surface area contributed by atoms with E-state index in [-0.39, 0.29) is 11.2 Å². The third kappa shape index (κ3) is 5.11. The zero-order chi connectivity index (χ0) is 20.1. The van der Waals surface area contributed by atoms with E-state index in [2.05, 4.69) is 46.3 Å². The monoisotopic (exact) mass is 400 g/mol. The minimum Gasteiger partial charge on any atom is -0.353 e. The van der Waals surface area contributed by atoms with Crippen LogP contribution in [0.15, 0.2) is 52.4 Å². The van der Waals surface area contributed by atoms with Crippen LogP contribution in [0.5, 0.6) is 0 Å². The molecule has 5 nitrogen and oxygen atoms in total. The summed E-state index contributed by atoms with van der Waals surface area (Å²) in [5.41, 5.74) is 2.89. The zero-order valence-corrected chi connectivity index (χ0v) is 17.0. The van der Waals surface area contributed by atoms with E-state index in [1.165, 1.54) is 18.2 Å². The maximum Gasteiger partial charge on any atom is 0.183 e. The maximum absolute atomic E-state index is 13.2. The molecule has 2 N–H and O–H groups in total. The largest absolute Gasteiger partial charge is 0.353 e. The van der Waals surface area contributed by atoms with Crippen LogP contribution in [0.1, 0.15) is 49.0 Å². The van der Waals surface area contributed by atoms with Crippen LogP contribution < -0.4 is 10.7 Å². The molecule has 0 radical (unpaired) electrons. The Kier molecular flexibility index (Phi) is 6.70. The summed E-state index contributed by atoms with van der Waals surface area (Å²) < 4.78 is 15.4. The van der Waals surface area contributed by atoms with Crippen molar-refractivity contribution in [3.63, 3.8) is 0 Å². The predicted molar refractivity (Wildman–Crippen MR) is 111 cm³/mol. The molecule has 1 atom stereocenters. The van der Waals surface area contributed by atoms with Gasteiger partial charge in [0.1, 0.15) is 11.6 Å². The molecule has 1 unspecified atom stereocenters. The molecular weight excluding hydrogens is 375 g/mol. The summed E-state index contributed by atoms with van der Waals surface area (Å²) >= 11 is 4.20. The van der Waals surface area contributed by atoms with Crippen LogP contribution in [-0.4, -0.2) is 14.5 Å². The van der Waals surface area contributed by atoms with Gasteiger partial charge in [-0.1, -0.05) is 26.0 Å². The lowest BCUT2D eigenvalue weighted by Gasteiger charge is -2.16. The van der Waals surface area contributed by atoms with Gasteiger partial charge < -0.3 is 14.9 Å². The summed E-state index contributed by atoms with van der Waals surface area (Å²) in [7, 11) is 0. The lowest BCUT2D eigenvalue weighted by atomic mass is 10.1. The molecule has 3 aromatic rings. The van der Waals surface area contributed by atoms with Crippen molar-refractivity contribution in [2.24, 2.45) is 0 Å². The molecule has 28 heavy (non-hydrogen) atoms. The molecule has 0 spiro atoms. The molecule has 0 aliphatic carbocycles. The first-order chi connectivity index (χ1) is 13.5.